The van der Waals surface area contributed by atoms with Gasteiger partial charge in [-0.1, -0.05) is 18.5 Å². The molecule has 1 unspecified atom stereocenters. The average molecular weight is 353 g/mol. The molecule has 0 spiro atoms. The van der Waals surface area contributed by atoms with Crippen LogP contribution in [-0.4, -0.2) is 40.6 Å². The van der Waals surface area contributed by atoms with Crippen molar-refractivity contribution >= 4 is 38.9 Å². The Morgan fingerprint density at radius 3 is 2.67 bits per heavy atom. The van der Waals surface area contributed by atoms with Crippen LogP contribution in [0, 0.1) is 0 Å². The molecule has 21 heavy (non-hydrogen) atoms. The lowest BCUT2D eigenvalue weighted by Crippen LogP contribution is -2.44. The number of halogens is 1. The average Bonchev–Trinajstić information content (AvgIpc) is 2.89. The van der Waals surface area contributed by atoms with Gasteiger partial charge in [0.2, 0.25) is 10.0 Å². The molecule has 0 aliphatic heterocycles. The van der Waals surface area contributed by atoms with Crippen molar-refractivity contribution < 1.29 is 8.42 Å². The number of guanidine groups is 1. The second kappa shape index (κ2) is 8.57. The van der Waals surface area contributed by atoms with E-state index in [0.29, 0.717) is 22.9 Å². The molecule has 1 aromatic heterocycles. The summed E-state index contributed by atoms with van der Waals surface area (Å²) in [6.07, 6.45) is 0.979. The zero-order chi connectivity index (χ0) is 15.9. The highest BCUT2D eigenvalue weighted by Crippen LogP contribution is 2.24. The molecule has 9 heteroatoms. The number of thiophene rings is 1. The number of hydrogen-bond donors (Lipinski definition) is 3. The zero-order valence-corrected chi connectivity index (χ0v) is 14.7. The molecular weight excluding hydrogens is 332 g/mol. The van der Waals surface area contributed by atoms with E-state index < -0.39 is 10.0 Å². The van der Waals surface area contributed by atoms with Gasteiger partial charge in [-0.2, -0.15) is 0 Å². The summed E-state index contributed by atoms with van der Waals surface area (Å²) in [5.74, 6) is 0.655. The molecule has 0 amide bonds. The number of nitrogens with one attached hydrogen (secondary N) is 3. The first-order valence-electron chi connectivity index (χ1n) is 6.61. The predicted molar refractivity (Wildman–Crippen MR) is 88.8 cm³/mol. The van der Waals surface area contributed by atoms with Crippen molar-refractivity contribution in [3.05, 3.63) is 16.5 Å². The van der Waals surface area contributed by atoms with Gasteiger partial charge in [-0.15, -0.1) is 11.3 Å². The van der Waals surface area contributed by atoms with Gasteiger partial charge in [-0.05, 0) is 25.5 Å². The molecule has 1 atom stereocenters. The van der Waals surface area contributed by atoms with Crippen molar-refractivity contribution in [2.45, 2.75) is 30.5 Å². The molecule has 3 N–H and O–H groups in total. The lowest BCUT2D eigenvalue weighted by atomic mass is 10.3. The summed E-state index contributed by atoms with van der Waals surface area (Å²) in [6.45, 7) is 4.83. The molecule has 0 fully saturated rings. The van der Waals surface area contributed by atoms with E-state index in [-0.39, 0.29) is 10.8 Å². The first-order valence-corrected chi connectivity index (χ1v) is 9.29. The van der Waals surface area contributed by atoms with Crippen LogP contribution in [0.4, 0.5) is 0 Å². The Bertz CT molecular complexity index is 572. The number of hydrogen-bond acceptors (Lipinski definition) is 4. The van der Waals surface area contributed by atoms with E-state index >= 15 is 0 Å². The van der Waals surface area contributed by atoms with Crippen LogP contribution in [-0.2, 0) is 10.0 Å². The predicted octanol–water partition coefficient (Wildman–Crippen LogP) is 1.64. The molecule has 1 rings (SSSR count). The molecule has 120 valence electrons. The van der Waals surface area contributed by atoms with E-state index in [4.69, 9.17) is 11.6 Å². The first kappa shape index (κ1) is 18.2. The maximum absolute atomic E-state index is 12.0. The first-order chi connectivity index (χ1) is 9.89. The van der Waals surface area contributed by atoms with E-state index in [1.807, 2.05) is 0 Å². The fraction of sp³-hybridized carbons (Fsp3) is 0.583. The Kier molecular flexibility index (Phi) is 7.44. The van der Waals surface area contributed by atoms with E-state index in [2.05, 4.69) is 34.2 Å². The summed E-state index contributed by atoms with van der Waals surface area (Å²) in [5, 5.41) is 6.25. The molecule has 0 saturated carbocycles. The van der Waals surface area contributed by atoms with Gasteiger partial charge in [0.05, 0.1) is 4.34 Å². The molecule has 0 aliphatic carbocycles. The Morgan fingerprint density at radius 1 is 1.43 bits per heavy atom. The van der Waals surface area contributed by atoms with Crippen molar-refractivity contribution in [2.24, 2.45) is 4.99 Å². The van der Waals surface area contributed by atoms with Crippen molar-refractivity contribution in [1.82, 2.24) is 15.4 Å². The molecule has 0 radical (unpaired) electrons. The van der Waals surface area contributed by atoms with Crippen molar-refractivity contribution in [3.63, 3.8) is 0 Å². The minimum Gasteiger partial charge on any atom is -0.355 e. The van der Waals surface area contributed by atoms with Crippen LogP contribution in [0.2, 0.25) is 4.34 Å². The van der Waals surface area contributed by atoms with Gasteiger partial charge in [0, 0.05) is 26.2 Å². The number of rotatable bonds is 7. The van der Waals surface area contributed by atoms with Crippen molar-refractivity contribution in [2.75, 3.05) is 20.1 Å². The van der Waals surface area contributed by atoms with Crippen LogP contribution in [0.5, 0.6) is 0 Å². The fourth-order valence-corrected chi connectivity index (χ4v) is 3.97. The lowest BCUT2D eigenvalue weighted by molar-refractivity contribution is 0.581. The Hall–Kier alpha value is -0.830. The lowest BCUT2D eigenvalue weighted by Gasteiger charge is -2.16. The Balaban J connectivity index is 2.40. The highest BCUT2D eigenvalue weighted by Gasteiger charge is 2.15. The molecule has 0 saturated heterocycles. The normalized spacial score (nSPS) is 14.0. The minimum atomic E-state index is -3.49. The quantitative estimate of drug-likeness (QED) is 0.396. The third-order valence-electron chi connectivity index (χ3n) is 2.74. The molecule has 1 heterocycles. The number of sulfonamides is 1. The standard InChI is InChI=1S/C12H21ClN4O2S2/c1-4-9(2)17-12(14-3)15-7-8-16-21(18,19)11-6-5-10(13)20-11/h5-6,9,16H,4,7-8H2,1-3H3,(H2,14,15,17). The molecule has 0 aromatic carbocycles. The van der Waals surface area contributed by atoms with Gasteiger partial charge in [-0.3, -0.25) is 4.99 Å². The monoisotopic (exact) mass is 352 g/mol. The Labute approximate surface area is 135 Å². The summed E-state index contributed by atoms with van der Waals surface area (Å²) in [4.78, 5) is 4.07. The zero-order valence-electron chi connectivity index (χ0n) is 12.3. The van der Waals surface area contributed by atoms with Gasteiger partial charge < -0.3 is 10.6 Å². The van der Waals surface area contributed by atoms with Crippen LogP contribution in [0.1, 0.15) is 20.3 Å². The van der Waals surface area contributed by atoms with Crippen LogP contribution in [0.3, 0.4) is 0 Å². The van der Waals surface area contributed by atoms with E-state index in [9.17, 15) is 8.42 Å². The van der Waals surface area contributed by atoms with Crippen molar-refractivity contribution in [1.29, 1.82) is 0 Å². The van der Waals surface area contributed by atoms with E-state index in [1.165, 1.54) is 6.07 Å². The Morgan fingerprint density at radius 2 is 2.14 bits per heavy atom. The molecular formula is C12H21ClN4O2S2. The largest absolute Gasteiger partial charge is 0.355 e. The van der Waals surface area contributed by atoms with Gasteiger partial charge in [0.15, 0.2) is 5.96 Å². The van der Waals surface area contributed by atoms with Gasteiger partial charge in [0.25, 0.3) is 0 Å². The second-order valence-electron chi connectivity index (χ2n) is 4.41. The summed E-state index contributed by atoms with van der Waals surface area (Å²) in [5.41, 5.74) is 0. The second-order valence-corrected chi connectivity index (χ2v) is 8.12. The summed E-state index contributed by atoms with van der Waals surface area (Å²) < 4.78 is 27.1. The van der Waals surface area contributed by atoms with Gasteiger partial charge in [0.1, 0.15) is 4.21 Å². The van der Waals surface area contributed by atoms with Crippen LogP contribution in [0.15, 0.2) is 21.3 Å². The third kappa shape index (κ3) is 6.21. The topological polar surface area (TPSA) is 82.6 Å². The van der Waals surface area contributed by atoms with Crippen LogP contribution < -0.4 is 15.4 Å². The highest BCUT2D eigenvalue weighted by atomic mass is 35.5. The smallest absolute Gasteiger partial charge is 0.250 e. The van der Waals surface area contributed by atoms with Gasteiger partial charge in [-0.25, -0.2) is 13.1 Å². The SMILES string of the molecule is CCC(C)NC(=NC)NCCNS(=O)(=O)c1ccc(Cl)s1. The van der Waals surface area contributed by atoms with Crippen LogP contribution in [0.25, 0.3) is 0 Å². The van der Waals surface area contributed by atoms with Gasteiger partial charge >= 0.3 is 0 Å². The molecule has 0 aliphatic rings. The molecule has 0 bridgehead atoms. The number of aliphatic imine (C=N–C) groups is 1. The fourth-order valence-electron chi connectivity index (χ4n) is 1.41. The minimum absolute atomic E-state index is 0.217. The molecule has 6 nitrogen and oxygen atoms in total. The summed E-state index contributed by atoms with van der Waals surface area (Å²) in [6, 6.07) is 3.37. The highest BCUT2D eigenvalue weighted by molar-refractivity contribution is 7.91. The van der Waals surface area contributed by atoms with Crippen molar-refractivity contribution in [3.8, 4) is 0 Å². The maximum atomic E-state index is 12.0. The number of nitrogens with zero attached hydrogens (tertiary/aromatic N) is 1. The molecule has 1 aromatic rings. The summed E-state index contributed by atoms with van der Waals surface area (Å²) in [7, 11) is -1.81. The third-order valence-corrected chi connectivity index (χ3v) is 5.93. The van der Waals surface area contributed by atoms with E-state index in [1.54, 1.807) is 13.1 Å². The van der Waals surface area contributed by atoms with Crippen LogP contribution >= 0.6 is 22.9 Å². The van der Waals surface area contributed by atoms with E-state index in [0.717, 1.165) is 17.8 Å². The maximum Gasteiger partial charge on any atom is 0.250 e. The summed E-state index contributed by atoms with van der Waals surface area (Å²) >= 11 is 6.77.